The van der Waals surface area contributed by atoms with Crippen molar-refractivity contribution in [3.05, 3.63) is 65.9 Å². The third-order valence-corrected chi connectivity index (χ3v) is 5.73. The highest BCUT2D eigenvalue weighted by Crippen LogP contribution is 2.30. The van der Waals surface area contributed by atoms with Gasteiger partial charge in [0.15, 0.2) is 11.5 Å². The maximum atomic E-state index is 13.7. The Morgan fingerprint density at radius 1 is 1.25 bits per heavy atom. The fourth-order valence-corrected chi connectivity index (χ4v) is 4.01. The number of nitrogens with one attached hydrogen (secondary N) is 1. The van der Waals surface area contributed by atoms with Crippen LogP contribution in [-0.4, -0.2) is 21.3 Å². The summed E-state index contributed by atoms with van der Waals surface area (Å²) in [5.74, 6) is 2.90. The monoisotopic (exact) mass is 511 g/mol. The molecule has 3 heterocycles. The molecular weight excluding hydrogens is 504 g/mol. The Balaban J connectivity index is 1.79. The highest BCUT2D eigenvalue weighted by Gasteiger charge is 2.33. The Bertz CT molecular complexity index is 1290. The van der Waals surface area contributed by atoms with Gasteiger partial charge in [-0.25, -0.2) is 13.2 Å². The summed E-state index contributed by atoms with van der Waals surface area (Å²) in [5, 5.41) is 2.26. The van der Waals surface area contributed by atoms with Crippen molar-refractivity contribution < 1.29 is 31.1 Å². The van der Waals surface area contributed by atoms with Crippen molar-refractivity contribution in [1.29, 1.82) is 0 Å². The molecule has 0 saturated heterocycles. The number of anilines is 1. The van der Waals surface area contributed by atoms with Gasteiger partial charge >= 0.3 is 6.18 Å². The smallest absolute Gasteiger partial charge is 0.320 e. The molecule has 3 aromatic rings. The fraction of sp³-hybridized carbons (Fsp3) is 0.167. The number of amides is 1. The van der Waals surface area contributed by atoms with Gasteiger partial charge in [0.2, 0.25) is 0 Å². The maximum absolute atomic E-state index is 13.7. The average Bonchev–Trinajstić information content (AvgIpc) is 3.30. The normalized spacial score (nSPS) is 11.4. The number of hydrogen-bond donors (Lipinski definition) is 1. The van der Waals surface area contributed by atoms with Crippen molar-refractivity contribution in [2.45, 2.75) is 19.1 Å². The Morgan fingerprint density at radius 2 is 1.97 bits per heavy atom. The van der Waals surface area contributed by atoms with Crippen LogP contribution in [0, 0.1) is 17.7 Å². The number of rotatable bonds is 4. The van der Waals surface area contributed by atoms with Gasteiger partial charge in [0.25, 0.3) is 17.9 Å². The highest BCUT2D eigenvalue weighted by atomic mass is 35.5. The van der Waals surface area contributed by atoms with Crippen molar-refractivity contribution in [3.63, 3.8) is 0 Å². The van der Waals surface area contributed by atoms with Gasteiger partial charge in [-0.05, 0) is 29.6 Å². The van der Waals surface area contributed by atoms with Gasteiger partial charge in [-0.3, -0.25) is 9.59 Å². The second-order valence-electron chi connectivity index (χ2n) is 6.00. The molecule has 0 spiro atoms. The van der Waals surface area contributed by atoms with Crippen LogP contribution in [-0.2, 0) is 12.7 Å². The lowest BCUT2D eigenvalue weighted by molar-refractivity contribution is -0.140. The first-order chi connectivity index (χ1) is 14.9. The summed E-state index contributed by atoms with van der Waals surface area (Å²) < 4.78 is 80.3. The number of alkyl halides is 5. The van der Waals surface area contributed by atoms with Crippen LogP contribution in [0.1, 0.15) is 25.8 Å². The number of pyridine rings is 1. The van der Waals surface area contributed by atoms with Crippen LogP contribution in [0.2, 0.25) is 4.34 Å². The minimum Gasteiger partial charge on any atom is -0.320 e. The third kappa shape index (κ3) is 5.70. The van der Waals surface area contributed by atoms with Crippen LogP contribution in [0.3, 0.4) is 0 Å². The van der Waals surface area contributed by atoms with Crippen LogP contribution < -0.4 is 10.9 Å². The van der Waals surface area contributed by atoms with Crippen molar-refractivity contribution in [3.8, 4) is 11.8 Å². The molecular formula is C18H8ClF6N3O2S2. The van der Waals surface area contributed by atoms with Gasteiger partial charge in [0, 0.05) is 12.3 Å². The summed E-state index contributed by atoms with van der Waals surface area (Å²) in [7, 11) is 0. The first-order valence-electron chi connectivity index (χ1n) is 8.29. The zero-order valence-corrected chi connectivity index (χ0v) is 17.7. The van der Waals surface area contributed by atoms with E-state index in [1.165, 1.54) is 6.07 Å². The number of nitrogens with zero attached hydrogens (tertiary/aromatic N) is 2. The fourth-order valence-electron chi connectivity index (χ4n) is 2.31. The molecule has 3 aromatic heterocycles. The number of carbonyl (C=O) groups is 1. The molecule has 5 nitrogen and oxygen atoms in total. The second kappa shape index (κ2) is 9.35. The van der Waals surface area contributed by atoms with E-state index in [1.54, 1.807) is 0 Å². The van der Waals surface area contributed by atoms with Gasteiger partial charge in [-0.15, -0.1) is 11.3 Å². The number of thiophene rings is 1. The molecule has 0 aliphatic rings. The molecule has 1 amide bonds. The van der Waals surface area contributed by atoms with E-state index in [-0.39, 0.29) is 25.3 Å². The molecule has 0 aliphatic heterocycles. The third-order valence-electron chi connectivity index (χ3n) is 3.67. The van der Waals surface area contributed by atoms with Gasteiger partial charge < -0.3 is 9.88 Å². The molecule has 0 unspecified atom stereocenters. The van der Waals surface area contributed by atoms with E-state index in [0.717, 1.165) is 23.6 Å². The summed E-state index contributed by atoms with van der Waals surface area (Å²) in [6.45, 7) is -1.06. The van der Waals surface area contributed by atoms with Gasteiger partial charge in [-0.2, -0.15) is 17.5 Å². The van der Waals surface area contributed by atoms with Crippen molar-refractivity contribution >= 4 is 46.1 Å². The lowest BCUT2D eigenvalue weighted by atomic mass is 10.3. The van der Waals surface area contributed by atoms with Gasteiger partial charge in [0.05, 0.1) is 27.5 Å². The van der Waals surface area contributed by atoms with E-state index < -0.39 is 42.1 Å². The predicted molar refractivity (Wildman–Crippen MR) is 107 cm³/mol. The average molecular weight is 512 g/mol. The van der Waals surface area contributed by atoms with Crippen LogP contribution in [0.25, 0.3) is 0 Å². The van der Waals surface area contributed by atoms with Gasteiger partial charge in [0.1, 0.15) is 4.34 Å². The van der Waals surface area contributed by atoms with Gasteiger partial charge in [-0.1, -0.05) is 17.5 Å². The Morgan fingerprint density at radius 3 is 2.59 bits per heavy atom. The topological polar surface area (TPSA) is 64.0 Å². The van der Waals surface area contributed by atoms with Crippen molar-refractivity contribution in [2.24, 2.45) is 0 Å². The van der Waals surface area contributed by atoms with E-state index in [1.807, 2.05) is 0 Å². The van der Waals surface area contributed by atoms with E-state index in [9.17, 15) is 35.9 Å². The molecule has 32 heavy (non-hydrogen) atoms. The Labute approximate surface area is 188 Å². The van der Waals surface area contributed by atoms with Crippen LogP contribution >= 0.6 is 34.5 Å². The van der Waals surface area contributed by atoms with E-state index >= 15 is 0 Å². The number of halogens is 7. The molecule has 168 valence electrons. The molecule has 0 radical (unpaired) electrons. The molecule has 14 heteroatoms. The Hall–Kier alpha value is -2.82. The Kier molecular flexibility index (Phi) is 6.97. The van der Waals surface area contributed by atoms with E-state index in [4.69, 9.17) is 11.6 Å². The number of carbonyl (C=O) groups excluding carboxylic acids is 1. The standard InChI is InChI=1S/C18H8ClF6N3O2S2/c19-15-8(1-2-10-5-13(27-32-10)18(23,24)25)3-12(31-15)16(29)26-9-4-11(20)17(30)28(6-9)7-14(21)22/h3-6,14H,7H2,(H,26,29). The molecule has 0 bridgehead atoms. The summed E-state index contributed by atoms with van der Waals surface area (Å²) in [4.78, 5) is 24.0. The molecule has 1 N–H and O–H groups in total. The zero-order chi connectivity index (χ0) is 23.6. The van der Waals surface area contributed by atoms with Crippen LogP contribution in [0.5, 0.6) is 0 Å². The van der Waals surface area contributed by atoms with Crippen LogP contribution in [0.15, 0.2) is 29.2 Å². The minimum absolute atomic E-state index is 0.00611. The maximum Gasteiger partial charge on any atom is 0.434 e. The molecule has 0 aromatic carbocycles. The molecule has 0 atom stereocenters. The zero-order valence-electron chi connectivity index (χ0n) is 15.3. The summed E-state index contributed by atoms with van der Waals surface area (Å²) in [6, 6.07) is 2.71. The molecule has 0 fully saturated rings. The summed E-state index contributed by atoms with van der Waals surface area (Å²) >= 11 is 7.35. The predicted octanol–water partition coefficient (Wildman–Crippen LogP) is 5.09. The molecule has 0 aliphatic carbocycles. The van der Waals surface area contributed by atoms with Crippen molar-refractivity contribution in [1.82, 2.24) is 8.94 Å². The van der Waals surface area contributed by atoms with E-state index in [0.29, 0.717) is 22.2 Å². The quantitative estimate of drug-likeness (QED) is 0.392. The van der Waals surface area contributed by atoms with E-state index in [2.05, 4.69) is 21.5 Å². The lowest BCUT2D eigenvalue weighted by Gasteiger charge is -2.09. The molecule has 0 saturated carbocycles. The molecule has 3 rings (SSSR count). The minimum atomic E-state index is -4.60. The first-order valence-corrected chi connectivity index (χ1v) is 10.3. The SMILES string of the molecule is O=C(Nc1cc(F)c(=O)n(CC(F)F)c1)c1cc(C#Cc2cc(C(F)(F)F)ns2)c(Cl)s1. The largest absolute Gasteiger partial charge is 0.434 e. The summed E-state index contributed by atoms with van der Waals surface area (Å²) in [5.41, 5.74) is -2.44. The summed E-state index contributed by atoms with van der Waals surface area (Å²) in [6.07, 6.45) is -6.65. The highest BCUT2D eigenvalue weighted by molar-refractivity contribution is 7.18. The number of hydrogen-bond acceptors (Lipinski definition) is 5. The van der Waals surface area contributed by atoms with Crippen LogP contribution in [0.4, 0.5) is 32.0 Å². The number of aromatic nitrogens is 2. The second-order valence-corrected chi connectivity index (χ2v) is 8.46. The first kappa shape index (κ1) is 23.8. The lowest BCUT2D eigenvalue weighted by Crippen LogP contribution is -2.26. The van der Waals surface area contributed by atoms with Crippen molar-refractivity contribution in [2.75, 3.05) is 5.32 Å².